The highest BCUT2D eigenvalue weighted by Crippen LogP contribution is 2.24. The number of piperidine rings is 1. The summed E-state index contributed by atoms with van der Waals surface area (Å²) in [7, 11) is 3.59. The summed E-state index contributed by atoms with van der Waals surface area (Å²) in [6.45, 7) is 3.39. The van der Waals surface area contributed by atoms with Crippen molar-refractivity contribution in [2.75, 3.05) is 39.9 Å². The molecule has 0 spiro atoms. The first-order valence-electron chi connectivity index (χ1n) is 7.02. The highest BCUT2D eigenvalue weighted by atomic mass is 16.5. The van der Waals surface area contributed by atoms with Crippen LogP contribution in [0.5, 0.6) is 0 Å². The Bertz CT molecular complexity index is 434. The maximum absolute atomic E-state index is 11.8. The predicted octanol–water partition coefficient (Wildman–Crippen LogP) is -0.243. The zero-order valence-electron chi connectivity index (χ0n) is 12.2. The van der Waals surface area contributed by atoms with Crippen LogP contribution in [0.15, 0.2) is 6.33 Å². The van der Waals surface area contributed by atoms with Crippen molar-refractivity contribution in [3.05, 3.63) is 12.2 Å². The highest BCUT2D eigenvalue weighted by molar-refractivity contribution is 5.78. The number of carbonyl (C=O) groups excluding carboxylic acids is 1. The average Bonchev–Trinajstić information content (AvgIpc) is 2.85. The van der Waals surface area contributed by atoms with Gasteiger partial charge in [0.1, 0.15) is 12.2 Å². The van der Waals surface area contributed by atoms with Gasteiger partial charge in [-0.2, -0.15) is 0 Å². The Morgan fingerprint density at radius 2 is 2.45 bits per heavy atom. The number of aryl methyl sites for hydroxylation is 1. The largest absolute Gasteiger partial charge is 0.383 e. The summed E-state index contributed by atoms with van der Waals surface area (Å²) in [6, 6.07) is 0. The SMILES string of the molecule is COCCNC(=O)CN1CCC[C@@H](c2nncn2C)C1. The van der Waals surface area contributed by atoms with E-state index in [4.69, 9.17) is 4.74 Å². The van der Waals surface area contributed by atoms with Crippen LogP contribution < -0.4 is 5.32 Å². The fraction of sp³-hybridized carbons (Fsp3) is 0.769. The summed E-state index contributed by atoms with van der Waals surface area (Å²) in [5, 5.41) is 11.0. The fourth-order valence-corrected chi connectivity index (χ4v) is 2.62. The van der Waals surface area contributed by atoms with Gasteiger partial charge in [-0.1, -0.05) is 0 Å². The molecule has 0 aromatic carbocycles. The summed E-state index contributed by atoms with van der Waals surface area (Å²) < 4.78 is 6.88. The molecule has 1 aliphatic heterocycles. The van der Waals surface area contributed by atoms with Crippen LogP contribution >= 0.6 is 0 Å². The number of hydrogen-bond donors (Lipinski definition) is 1. The van der Waals surface area contributed by atoms with Gasteiger partial charge >= 0.3 is 0 Å². The molecule has 1 amide bonds. The number of likely N-dealkylation sites (tertiary alicyclic amines) is 1. The number of amides is 1. The molecule has 1 fully saturated rings. The Morgan fingerprint density at radius 3 is 3.15 bits per heavy atom. The summed E-state index contributed by atoms with van der Waals surface area (Å²) in [4.78, 5) is 14.0. The topological polar surface area (TPSA) is 72.3 Å². The van der Waals surface area contributed by atoms with Crippen molar-refractivity contribution in [2.24, 2.45) is 7.05 Å². The second-order valence-electron chi connectivity index (χ2n) is 5.22. The molecule has 20 heavy (non-hydrogen) atoms. The van der Waals surface area contributed by atoms with E-state index < -0.39 is 0 Å². The number of nitrogens with zero attached hydrogens (tertiary/aromatic N) is 4. The molecule has 1 saturated heterocycles. The molecule has 0 aliphatic carbocycles. The molecule has 112 valence electrons. The third-order valence-corrected chi connectivity index (χ3v) is 3.61. The number of ether oxygens (including phenoxy) is 1. The molecule has 1 N–H and O–H groups in total. The Balaban J connectivity index is 1.81. The molecule has 0 radical (unpaired) electrons. The van der Waals surface area contributed by atoms with E-state index >= 15 is 0 Å². The molecule has 2 rings (SSSR count). The quantitative estimate of drug-likeness (QED) is 0.729. The average molecular weight is 281 g/mol. The van der Waals surface area contributed by atoms with Crippen LogP contribution in [-0.2, 0) is 16.6 Å². The van der Waals surface area contributed by atoms with E-state index in [1.54, 1.807) is 13.4 Å². The molecular weight excluding hydrogens is 258 g/mol. The fourth-order valence-electron chi connectivity index (χ4n) is 2.62. The lowest BCUT2D eigenvalue weighted by Crippen LogP contribution is -2.43. The van der Waals surface area contributed by atoms with Gasteiger partial charge < -0.3 is 14.6 Å². The standard InChI is InChI=1S/C13H23N5O2/c1-17-10-15-16-13(17)11-4-3-6-18(8-11)9-12(19)14-5-7-20-2/h10-11H,3-9H2,1-2H3,(H,14,19)/t11-/m1/s1. The van der Waals surface area contributed by atoms with Crippen LogP contribution in [0.2, 0.25) is 0 Å². The van der Waals surface area contributed by atoms with Gasteiger partial charge in [0.15, 0.2) is 0 Å². The van der Waals surface area contributed by atoms with E-state index in [-0.39, 0.29) is 5.91 Å². The van der Waals surface area contributed by atoms with Crippen molar-refractivity contribution in [3.63, 3.8) is 0 Å². The number of methoxy groups -OCH3 is 1. The monoisotopic (exact) mass is 281 g/mol. The Hall–Kier alpha value is -1.47. The Kier molecular flexibility index (Phi) is 5.49. The lowest BCUT2D eigenvalue weighted by molar-refractivity contribution is -0.122. The summed E-state index contributed by atoms with van der Waals surface area (Å²) in [5.74, 6) is 1.43. The highest BCUT2D eigenvalue weighted by Gasteiger charge is 2.25. The van der Waals surface area contributed by atoms with Crippen molar-refractivity contribution in [2.45, 2.75) is 18.8 Å². The van der Waals surface area contributed by atoms with Gasteiger partial charge in [-0.25, -0.2) is 0 Å². The molecule has 1 atom stereocenters. The molecule has 1 aromatic heterocycles. The van der Waals surface area contributed by atoms with Crippen molar-refractivity contribution < 1.29 is 9.53 Å². The van der Waals surface area contributed by atoms with Gasteiger partial charge in [0.05, 0.1) is 13.2 Å². The van der Waals surface area contributed by atoms with E-state index in [1.807, 2.05) is 11.6 Å². The maximum Gasteiger partial charge on any atom is 0.234 e. The number of rotatable bonds is 6. The van der Waals surface area contributed by atoms with Gasteiger partial charge in [0.25, 0.3) is 0 Å². The summed E-state index contributed by atoms with van der Waals surface area (Å²) in [6.07, 6.45) is 3.92. The minimum Gasteiger partial charge on any atom is -0.383 e. The maximum atomic E-state index is 11.8. The molecule has 0 saturated carbocycles. The molecule has 0 bridgehead atoms. The Morgan fingerprint density at radius 1 is 1.60 bits per heavy atom. The first-order chi connectivity index (χ1) is 9.70. The van der Waals surface area contributed by atoms with Crippen LogP contribution in [0.1, 0.15) is 24.6 Å². The van der Waals surface area contributed by atoms with Crippen LogP contribution in [0.4, 0.5) is 0 Å². The lowest BCUT2D eigenvalue weighted by atomic mass is 9.97. The molecule has 1 aliphatic rings. The minimum absolute atomic E-state index is 0.0562. The number of carbonyl (C=O) groups is 1. The van der Waals surface area contributed by atoms with E-state index in [0.717, 1.165) is 31.8 Å². The van der Waals surface area contributed by atoms with E-state index in [2.05, 4.69) is 20.4 Å². The first kappa shape index (κ1) is 14.9. The van der Waals surface area contributed by atoms with Gasteiger partial charge in [0.2, 0.25) is 5.91 Å². The van der Waals surface area contributed by atoms with Crippen LogP contribution in [0.25, 0.3) is 0 Å². The molecule has 7 heteroatoms. The molecule has 2 heterocycles. The number of nitrogens with one attached hydrogen (secondary N) is 1. The lowest BCUT2D eigenvalue weighted by Gasteiger charge is -2.31. The van der Waals surface area contributed by atoms with Crippen LogP contribution in [0.3, 0.4) is 0 Å². The number of aromatic nitrogens is 3. The van der Waals surface area contributed by atoms with E-state index in [1.165, 1.54) is 0 Å². The van der Waals surface area contributed by atoms with Crippen molar-refractivity contribution in [1.82, 2.24) is 25.0 Å². The second kappa shape index (κ2) is 7.35. The number of hydrogen-bond acceptors (Lipinski definition) is 5. The summed E-state index contributed by atoms with van der Waals surface area (Å²) in [5.41, 5.74) is 0. The molecular formula is C13H23N5O2. The van der Waals surface area contributed by atoms with Crippen LogP contribution in [0, 0.1) is 0 Å². The Labute approximate surface area is 119 Å². The third kappa shape index (κ3) is 4.01. The van der Waals surface area contributed by atoms with Gasteiger partial charge in [-0.3, -0.25) is 9.69 Å². The predicted molar refractivity (Wildman–Crippen MR) is 74.3 cm³/mol. The summed E-state index contributed by atoms with van der Waals surface area (Å²) >= 11 is 0. The zero-order chi connectivity index (χ0) is 14.4. The molecule has 7 nitrogen and oxygen atoms in total. The van der Waals surface area contributed by atoms with E-state index in [0.29, 0.717) is 25.6 Å². The van der Waals surface area contributed by atoms with Crippen molar-refractivity contribution >= 4 is 5.91 Å². The third-order valence-electron chi connectivity index (χ3n) is 3.61. The van der Waals surface area contributed by atoms with Gasteiger partial charge in [-0.05, 0) is 19.4 Å². The van der Waals surface area contributed by atoms with E-state index in [9.17, 15) is 4.79 Å². The molecule has 1 aromatic rings. The molecule has 0 unspecified atom stereocenters. The smallest absolute Gasteiger partial charge is 0.234 e. The zero-order valence-corrected chi connectivity index (χ0v) is 12.2. The van der Waals surface area contributed by atoms with Gasteiger partial charge in [0, 0.05) is 33.2 Å². The first-order valence-corrected chi connectivity index (χ1v) is 7.02. The second-order valence-corrected chi connectivity index (χ2v) is 5.22. The van der Waals surface area contributed by atoms with Gasteiger partial charge in [-0.15, -0.1) is 10.2 Å². The van der Waals surface area contributed by atoms with Crippen molar-refractivity contribution in [3.8, 4) is 0 Å². The van der Waals surface area contributed by atoms with Crippen LogP contribution in [-0.4, -0.2) is 65.5 Å². The normalized spacial score (nSPS) is 20.0. The van der Waals surface area contributed by atoms with Crippen molar-refractivity contribution in [1.29, 1.82) is 0 Å². The minimum atomic E-state index is 0.0562.